The monoisotopic (exact) mass is 952 g/mol. The SMILES string of the molecule is COc1ccc(CN(Cc2ccc(OC)cc2)c2ccc3c(c2)CCCC3=O)cc1.COc1ccc(CN(Cc2ccc(OC)cc2)c2ccc3c(c2)CCc2c-3nc(N)nc2N2CCN(C)CC2)cc1. The van der Waals surface area contributed by atoms with E-state index in [9.17, 15) is 4.79 Å². The first-order chi connectivity index (χ1) is 34.7. The number of nitrogen functional groups attached to an aromatic ring is 1. The molecule has 2 N–H and O–H groups in total. The van der Waals surface area contributed by atoms with Crippen molar-refractivity contribution in [3.63, 3.8) is 0 Å². The lowest BCUT2D eigenvalue weighted by Gasteiger charge is -2.35. The number of aryl methyl sites for hydroxylation is 2. The number of rotatable bonds is 15. The Labute approximate surface area is 418 Å². The number of hydrogen-bond acceptors (Lipinski definition) is 12. The smallest absolute Gasteiger partial charge is 0.222 e. The third-order valence-corrected chi connectivity index (χ3v) is 13.9. The fourth-order valence-corrected chi connectivity index (χ4v) is 9.81. The van der Waals surface area contributed by atoms with E-state index in [0.29, 0.717) is 12.4 Å². The molecule has 1 saturated heterocycles. The van der Waals surface area contributed by atoms with Crippen molar-refractivity contribution < 1.29 is 23.7 Å². The van der Waals surface area contributed by atoms with Crippen molar-refractivity contribution in [2.45, 2.75) is 58.3 Å². The molecule has 10 rings (SSSR count). The molecule has 1 fully saturated rings. The first-order valence-corrected chi connectivity index (χ1v) is 24.6. The van der Waals surface area contributed by atoms with Gasteiger partial charge in [-0.25, -0.2) is 4.98 Å². The molecular weight excluding hydrogens is 887 g/mol. The number of nitrogens with zero attached hydrogens (tertiary/aromatic N) is 6. The van der Waals surface area contributed by atoms with Gasteiger partial charge in [-0.15, -0.1) is 0 Å². The minimum Gasteiger partial charge on any atom is -0.497 e. The van der Waals surface area contributed by atoms with Gasteiger partial charge in [-0.2, -0.15) is 4.98 Å². The summed E-state index contributed by atoms with van der Waals surface area (Å²) in [5.74, 6) is 5.05. The topological polar surface area (TPSA) is 119 Å². The van der Waals surface area contributed by atoms with Crippen molar-refractivity contribution in [1.82, 2.24) is 14.9 Å². The van der Waals surface area contributed by atoms with Crippen LogP contribution in [0.25, 0.3) is 11.3 Å². The molecule has 1 aliphatic heterocycles. The molecule has 0 saturated carbocycles. The summed E-state index contributed by atoms with van der Waals surface area (Å²) in [4.78, 5) is 31.2. The van der Waals surface area contributed by atoms with Gasteiger partial charge in [0.25, 0.3) is 0 Å². The number of Topliss-reactive ketones (excluding diaryl/α,β-unsaturated/α-hetero) is 1. The number of ketones is 1. The van der Waals surface area contributed by atoms with Crippen LogP contribution >= 0.6 is 0 Å². The summed E-state index contributed by atoms with van der Waals surface area (Å²) in [5.41, 5.74) is 20.2. The van der Waals surface area contributed by atoms with Gasteiger partial charge in [0.05, 0.1) is 34.1 Å². The van der Waals surface area contributed by atoms with Crippen LogP contribution in [-0.4, -0.2) is 82.3 Å². The summed E-state index contributed by atoms with van der Waals surface area (Å²) in [5, 5.41) is 0. The van der Waals surface area contributed by atoms with Crippen LogP contribution in [0.1, 0.15) is 62.1 Å². The lowest BCUT2D eigenvalue weighted by atomic mass is 9.88. The Balaban J connectivity index is 0.000000185. The Morgan fingerprint density at radius 3 is 1.37 bits per heavy atom. The highest BCUT2D eigenvalue weighted by molar-refractivity contribution is 5.98. The number of anilines is 4. The van der Waals surface area contributed by atoms with Crippen LogP contribution in [0.15, 0.2) is 133 Å². The third-order valence-electron chi connectivity index (χ3n) is 13.9. The number of carbonyl (C=O) groups excluding carboxylic acids is 1. The summed E-state index contributed by atoms with van der Waals surface area (Å²) >= 11 is 0. The number of piperazine rings is 1. The molecular formula is C59H65N7O5. The predicted octanol–water partition coefficient (Wildman–Crippen LogP) is 10.2. The Bertz CT molecular complexity index is 2800. The normalized spacial score (nSPS) is 14.0. The number of hydrogen-bond donors (Lipinski definition) is 1. The number of fused-ring (bicyclic) bond motifs is 4. The van der Waals surface area contributed by atoms with Crippen LogP contribution in [0.3, 0.4) is 0 Å². The maximum atomic E-state index is 12.2. The summed E-state index contributed by atoms with van der Waals surface area (Å²) in [7, 11) is 8.92. The Kier molecular flexibility index (Phi) is 15.3. The Morgan fingerprint density at radius 1 is 0.507 bits per heavy atom. The molecule has 3 aliphatic rings. The fourth-order valence-electron chi connectivity index (χ4n) is 9.81. The van der Waals surface area contributed by atoms with Gasteiger partial charge in [0, 0.05) is 86.8 Å². The zero-order valence-electron chi connectivity index (χ0n) is 41.7. The average Bonchev–Trinajstić information content (AvgIpc) is 3.41. The van der Waals surface area contributed by atoms with Gasteiger partial charge in [0.1, 0.15) is 28.8 Å². The van der Waals surface area contributed by atoms with Gasteiger partial charge in [0.15, 0.2) is 5.78 Å². The molecule has 0 spiro atoms. The highest BCUT2D eigenvalue weighted by Gasteiger charge is 2.27. The van der Waals surface area contributed by atoms with Crippen molar-refractivity contribution in [2.75, 3.05) is 82.1 Å². The minimum absolute atomic E-state index is 0.264. The fraction of sp³-hybridized carbons (Fsp3) is 0.305. The molecule has 71 heavy (non-hydrogen) atoms. The molecule has 6 aromatic carbocycles. The second kappa shape index (κ2) is 22.5. The Hall–Kier alpha value is -7.57. The molecule has 12 nitrogen and oxygen atoms in total. The van der Waals surface area contributed by atoms with Crippen molar-refractivity contribution in [2.24, 2.45) is 0 Å². The summed E-state index contributed by atoms with van der Waals surface area (Å²) in [6.07, 6.45) is 4.42. The minimum atomic E-state index is 0.264. The van der Waals surface area contributed by atoms with Gasteiger partial charge in [0.2, 0.25) is 5.95 Å². The van der Waals surface area contributed by atoms with Crippen molar-refractivity contribution in [1.29, 1.82) is 0 Å². The maximum absolute atomic E-state index is 12.2. The number of ether oxygens (including phenoxy) is 4. The number of methoxy groups -OCH3 is 4. The van der Waals surface area contributed by atoms with E-state index in [0.717, 1.165) is 129 Å². The zero-order valence-corrected chi connectivity index (χ0v) is 41.7. The van der Waals surface area contributed by atoms with Gasteiger partial charge in [-0.05, 0) is 145 Å². The molecule has 1 aromatic heterocycles. The average molecular weight is 952 g/mol. The zero-order chi connectivity index (χ0) is 49.3. The van der Waals surface area contributed by atoms with Gasteiger partial charge < -0.3 is 44.3 Å². The predicted molar refractivity (Wildman–Crippen MR) is 284 cm³/mol. The van der Waals surface area contributed by atoms with E-state index in [-0.39, 0.29) is 5.78 Å². The lowest BCUT2D eigenvalue weighted by molar-refractivity contribution is 0.0972. The lowest BCUT2D eigenvalue weighted by Crippen LogP contribution is -2.45. The van der Waals surface area contributed by atoms with E-state index in [4.69, 9.17) is 34.6 Å². The van der Waals surface area contributed by atoms with E-state index in [1.54, 1.807) is 28.4 Å². The first kappa shape index (κ1) is 48.5. The van der Waals surface area contributed by atoms with Crippen LogP contribution in [0.2, 0.25) is 0 Å². The summed E-state index contributed by atoms with van der Waals surface area (Å²) in [6, 6.07) is 46.0. The van der Waals surface area contributed by atoms with E-state index in [1.807, 2.05) is 54.6 Å². The maximum Gasteiger partial charge on any atom is 0.222 e. The number of aromatic nitrogens is 2. The number of benzene rings is 6. The van der Waals surface area contributed by atoms with Crippen molar-refractivity contribution >= 4 is 28.9 Å². The first-order valence-electron chi connectivity index (χ1n) is 24.6. The standard InChI is InChI=1S/C33H38N6O2.C26H27NO3/c1-37-16-18-38(19-17-37)32-30-14-8-25-20-26(9-15-29(25)31(30)35-33(34)36-32)39(21-23-4-10-27(40-2)11-5-23)22-24-6-12-28(41-3)13-7-24;1-29-23-11-6-19(7-12-23)17-27(18-20-8-13-24(30-2)14-9-20)22-10-15-25-21(16-22)4-3-5-26(25)28/h4-7,9-13,15,20H,8,14,16-19,21-22H2,1-3H3,(H2,34,35,36);6-16H,3-5,17-18H2,1-2H3. The Morgan fingerprint density at radius 2 is 0.930 bits per heavy atom. The molecule has 0 unspecified atom stereocenters. The van der Waals surface area contributed by atoms with Crippen LogP contribution in [0, 0.1) is 0 Å². The molecule has 2 aliphatic carbocycles. The molecule has 12 heteroatoms. The van der Waals surface area contributed by atoms with Crippen LogP contribution in [-0.2, 0) is 45.4 Å². The van der Waals surface area contributed by atoms with Crippen molar-refractivity contribution in [3.05, 3.63) is 178 Å². The van der Waals surface area contributed by atoms with Crippen molar-refractivity contribution in [3.8, 4) is 34.3 Å². The molecule has 2 heterocycles. The van der Waals surface area contributed by atoms with E-state index >= 15 is 0 Å². The number of nitrogens with two attached hydrogens (primary N) is 1. The van der Waals surface area contributed by atoms with Gasteiger partial charge >= 0.3 is 0 Å². The van der Waals surface area contributed by atoms with Crippen LogP contribution < -0.4 is 39.4 Å². The molecule has 0 radical (unpaired) electrons. The third kappa shape index (κ3) is 11.7. The van der Waals surface area contributed by atoms with Gasteiger partial charge in [-0.1, -0.05) is 54.6 Å². The molecule has 0 amide bonds. The van der Waals surface area contributed by atoms with Crippen LogP contribution in [0.5, 0.6) is 23.0 Å². The highest BCUT2D eigenvalue weighted by Crippen LogP contribution is 2.39. The van der Waals surface area contributed by atoms with Crippen LogP contribution in [0.4, 0.5) is 23.1 Å². The largest absolute Gasteiger partial charge is 0.497 e. The van der Waals surface area contributed by atoms with Gasteiger partial charge in [-0.3, -0.25) is 4.79 Å². The molecule has 0 bridgehead atoms. The molecule has 0 atom stereocenters. The van der Waals surface area contributed by atoms with E-state index in [1.165, 1.54) is 44.6 Å². The van der Waals surface area contributed by atoms with E-state index in [2.05, 4.69) is 106 Å². The second-order valence-electron chi connectivity index (χ2n) is 18.6. The summed E-state index contributed by atoms with van der Waals surface area (Å²) < 4.78 is 21.3. The summed E-state index contributed by atoms with van der Waals surface area (Å²) in [6.45, 7) is 7.04. The van der Waals surface area contributed by atoms with E-state index < -0.39 is 0 Å². The molecule has 7 aromatic rings. The number of carbonyl (C=O) groups is 1. The second-order valence-corrected chi connectivity index (χ2v) is 18.6. The number of likely N-dealkylation sites (N-methyl/N-ethyl adjacent to an activating group) is 1. The molecule has 366 valence electrons. The quantitative estimate of drug-likeness (QED) is 0.105. The highest BCUT2D eigenvalue weighted by atomic mass is 16.5.